The minimum atomic E-state index is -1.49. The fraction of sp³-hybridized carbons (Fsp3) is 0.357. The molecule has 0 amide bonds. The Bertz CT molecular complexity index is 601. The first-order valence-corrected chi connectivity index (χ1v) is 6.57. The molecule has 0 saturated heterocycles. The number of hydrogen-bond acceptors (Lipinski definition) is 3. The average molecular weight is 298 g/mol. The molecule has 114 valence electrons. The number of nitrogens with one attached hydrogen (secondary N) is 1. The van der Waals surface area contributed by atoms with Gasteiger partial charge >= 0.3 is 0 Å². The molecule has 7 heteroatoms. The highest BCUT2D eigenvalue weighted by Gasteiger charge is 2.18. The van der Waals surface area contributed by atoms with Gasteiger partial charge in [-0.25, -0.2) is 13.2 Å². The van der Waals surface area contributed by atoms with Gasteiger partial charge in [-0.2, -0.15) is 5.10 Å². The van der Waals surface area contributed by atoms with Crippen molar-refractivity contribution < 1.29 is 13.2 Å². The van der Waals surface area contributed by atoms with Crippen LogP contribution in [0, 0.1) is 17.5 Å². The Balaban J connectivity index is 2.23. The van der Waals surface area contributed by atoms with E-state index in [9.17, 15) is 13.2 Å². The number of rotatable bonds is 5. The van der Waals surface area contributed by atoms with Gasteiger partial charge in [0.25, 0.3) is 0 Å². The number of halogens is 3. The summed E-state index contributed by atoms with van der Waals surface area (Å²) < 4.78 is 41.3. The minimum absolute atomic E-state index is 0.212. The standard InChI is InChI=1S/C14H17F3N4/c1-8(2)21-4-3-10(20-21)7-13(19-18)9-5-11(15)14(17)12(16)6-9/h3-6,8,13,19H,7,18H2,1-2H3. The van der Waals surface area contributed by atoms with Gasteiger partial charge in [-0.05, 0) is 37.6 Å². The predicted octanol–water partition coefficient (Wildman–Crippen LogP) is 2.63. The quantitative estimate of drug-likeness (QED) is 0.507. The largest absolute Gasteiger partial charge is 0.271 e. The number of hydrazine groups is 1. The second-order valence-corrected chi connectivity index (χ2v) is 5.10. The van der Waals surface area contributed by atoms with E-state index in [1.54, 1.807) is 10.7 Å². The van der Waals surface area contributed by atoms with Crippen LogP contribution in [0.4, 0.5) is 13.2 Å². The molecular weight excluding hydrogens is 281 g/mol. The van der Waals surface area contributed by atoms with Crippen LogP contribution in [-0.2, 0) is 6.42 Å². The molecule has 0 spiro atoms. The summed E-state index contributed by atoms with van der Waals surface area (Å²) in [5.74, 6) is 1.47. The van der Waals surface area contributed by atoms with Crippen LogP contribution < -0.4 is 11.3 Å². The van der Waals surface area contributed by atoms with Crippen molar-refractivity contribution in [2.24, 2.45) is 5.84 Å². The van der Waals surface area contributed by atoms with Gasteiger partial charge in [-0.15, -0.1) is 0 Å². The molecular formula is C14H17F3N4. The van der Waals surface area contributed by atoms with Crippen LogP contribution in [0.25, 0.3) is 0 Å². The topological polar surface area (TPSA) is 55.9 Å². The first kappa shape index (κ1) is 15.5. The lowest BCUT2D eigenvalue weighted by atomic mass is 10.0. The van der Waals surface area contributed by atoms with Crippen molar-refractivity contribution in [1.82, 2.24) is 15.2 Å². The third kappa shape index (κ3) is 3.43. The number of aromatic nitrogens is 2. The molecule has 0 radical (unpaired) electrons. The Kier molecular flexibility index (Phi) is 4.64. The van der Waals surface area contributed by atoms with Crippen molar-refractivity contribution >= 4 is 0 Å². The Morgan fingerprint density at radius 2 is 1.86 bits per heavy atom. The maximum Gasteiger partial charge on any atom is 0.194 e. The van der Waals surface area contributed by atoms with Gasteiger partial charge in [-0.1, -0.05) is 0 Å². The molecule has 21 heavy (non-hydrogen) atoms. The normalized spacial score (nSPS) is 12.9. The van der Waals surface area contributed by atoms with Crippen molar-refractivity contribution in [1.29, 1.82) is 0 Å². The Hall–Kier alpha value is -1.86. The van der Waals surface area contributed by atoms with Gasteiger partial charge < -0.3 is 0 Å². The molecule has 0 bridgehead atoms. The summed E-state index contributed by atoms with van der Waals surface area (Å²) in [6.07, 6.45) is 2.15. The SMILES string of the molecule is CC(C)n1ccc(CC(NN)c2cc(F)c(F)c(F)c2)n1. The summed E-state index contributed by atoms with van der Waals surface area (Å²) in [6.45, 7) is 3.97. The molecule has 4 nitrogen and oxygen atoms in total. The molecule has 2 aromatic rings. The van der Waals surface area contributed by atoms with E-state index in [4.69, 9.17) is 5.84 Å². The van der Waals surface area contributed by atoms with Gasteiger partial charge in [-0.3, -0.25) is 16.0 Å². The molecule has 0 fully saturated rings. The second kappa shape index (κ2) is 6.28. The number of nitrogens with two attached hydrogens (primary N) is 1. The molecule has 0 aliphatic rings. The molecule has 2 rings (SSSR count). The van der Waals surface area contributed by atoms with Crippen molar-refractivity contribution in [3.8, 4) is 0 Å². The van der Waals surface area contributed by atoms with Gasteiger partial charge in [0, 0.05) is 18.7 Å². The van der Waals surface area contributed by atoms with E-state index in [0.717, 1.165) is 17.8 Å². The molecule has 1 unspecified atom stereocenters. The lowest BCUT2D eigenvalue weighted by Gasteiger charge is -2.15. The Morgan fingerprint density at radius 1 is 1.24 bits per heavy atom. The lowest BCUT2D eigenvalue weighted by Crippen LogP contribution is -2.30. The number of benzene rings is 1. The van der Waals surface area contributed by atoms with E-state index in [0.29, 0.717) is 6.42 Å². The van der Waals surface area contributed by atoms with Crippen LogP contribution in [0.3, 0.4) is 0 Å². The van der Waals surface area contributed by atoms with E-state index < -0.39 is 23.5 Å². The molecule has 1 heterocycles. The van der Waals surface area contributed by atoms with Crippen LogP contribution in [-0.4, -0.2) is 9.78 Å². The summed E-state index contributed by atoms with van der Waals surface area (Å²) in [4.78, 5) is 0. The molecule has 0 saturated carbocycles. The van der Waals surface area contributed by atoms with Crippen LogP contribution in [0.15, 0.2) is 24.4 Å². The molecule has 1 aromatic heterocycles. The third-order valence-electron chi connectivity index (χ3n) is 3.22. The molecule has 1 atom stereocenters. The van der Waals surface area contributed by atoms with Crippen LogP contribution in [0.1, 0.15) is 37.2 Å². The fourth-order valence-electron chi connectivity index (χ4n) is 2.03. The van der Waals surface area contributed by atoms with Crippen molar-refractivity contribution in [3.05, 3.63) is 53.1 Å². The van der Waals surface area contributed by atoms with E-state index in [1.807, 2.05) is 20.0 Å². The Morgan fingerprint density at radius 3 is 2.33 bits per heavy atom. The predicted molar refractivity (Wildman–Crippen MR) is 72.7 cm³/mol. The summed E-state index contributed by atoms with van der Waals surface area (Å²) >= 11 is 0. The van der Waals surface area contributed by atoms with E-state index in [-0.39, 0.29) is 11.6 Å². The first-order chi connectivity index (χ1) is 9.92. The molecule has 0 aliphatic carbocycles. The Labute approximate surface area is 120 Å². The maximum absolute atomic E-state index is 13.3. The van der Waals surface area contributed by atoms with E-state index >= 15 is 0 Å². The zero-order valence-corrected chi connectivity index (χ0v) is 11.8. The maximum atomic E-state index is 13.3. The van der Waals surface area contributed by atoms with Gasteiger partial charge in [0.2, 0.25) is 0 Å². The van der Waals surface area contributed by atoms with Crippen molar-refractivity contribution in [2.45, 2.75) is 32.4 Å². The molecule has 0 aliphatic heterocycles. The third-order valence-corrected chi connectivity index (χ3v) is 3.22. The van der Waals surface area contributed by atoms with Gasteiger partial charge in [0.1, 0.15) is 0 Å². The fourth-order valence-corrected chi connectivity index (χ4v) is 2.03. The zero-order valence-electron chi connectivity index (χ0n) is 11.8. The van der Waals surface area contributed by atoms with Crippen LogP contribution in [0.2, 0.25) is 0 Å². The minimum Gasteiger partial charge on any atom is -0.271 e. The van der Waals surface area contributed by atoms with E-state index in [2.05, 4.69) is 10.5 Å². The highest BCUT2D eigenvalue weighted by atomic mass is 19.2. The van der Waals surface area contributed by atoms with Gasteiger partial charge in [0.15, 0.2) is 17.5 Å². The smallest absolute Gasteiger partial charge is 0.194 e. The van der Waals surface area contributed by atoms with Crippen LogP contribution >= 0.6 is 0 Å². The number of nitrogens with zero attached hydrogens (tertiary/aromatic N) is 2. The first-order valence-electron chi connectivity index (χ1n) is 6.57. The lowest BCUT2D eigenvalue weighted by molar-refractivity contribution is 0.438. The second-order valence-electron chi connectivity index (χ2n) is 5.10. The summed E-state index contributed by atoms with van der Waals surface area (Å²) in [5, 5.41) is 4.34. The highest BCUT2D eigenvalue weighted by Crippen LogP contribution is 2.22. The summed E-state index contributed by atoms with van der Waals surface area (Å²) in [5.41, 5.74) is 3.42. The van der Waals surface area contributed by atoms with Crippen molar-refractivity contribution in [3.63, 3.8) is 0 Å². The summed E-state index contributed by atoms with van der Waals surface area (Å²) in [7, 11) is 0. The monoisotopic (exact) mass is 298 g/mol. The van der Waals surface area contributed by atoms with Gasteiger partial charge in [0.05, 0.1) is 11.7 Å². The number of hydrogen-bond donors (Lipinski definition) is 2. The zero-order chi connectivity index (χ0) is 15.6. The average Bonchev–Trinajstić information content (AvgIpc) is 2.90. The summed E-state index contributed by atoms with van der Waals surface area (Å²) in [6, 6.07) is 3.32. The molecule has 1 aromatic carbocycles. The van der Waals surface area contributed by atoms with Crippen LogP contribution in [0.5, 0.6) is 0 Å². The van der Waals surface area contributed by atoms with Crippen molar-refractivity contribution in [2.75, 3.05) is 0 Å². The molecule has 3 N–H and O–H groups in total. The van der Waals surface area contributed by atoms with E-state index in [1.165, 1.54) is 0 Å². The highest BCUT2D eigenvalue weighted by molar-refractivity contribution is 5.24.